The van der Waals surface area contributed by atoms with Crippen molar-refractivity contribution in [2.24, 2.45) is 0 Å². The van der Waals surface area contributed by atoms with E-state index in [1.54, 1.807) is 72.8 Å². The van der Waals surface area contributed by atoms with E-state index in [0.29, 0.717) is 88.6 Å². The summed E-state index contributed by atoms with van der Waals surface area (Å²) in [4.78, 5) is 64.8. The van der Waals surface area contributed by atoms with Gasteiger partial charge in [-0.1, -0.05) is 24.3 Å². The molecule has 3 aromatic heterocycles. The molecule has 6 N–H and O–H groups in total. The van der Waals surface area contributed by atoms with Crippen molar-refractivity contribution in [3.8, 4) is 45.0 Å². The monoisotopic (exact) mass is 686 g/mol. The second kappa shape index (κ2) is 11.0. The fourth-order valence-corrected chi connectivity index (χ4v) is 7.00. The van der Waals surface area contributed by atoms with Crippen LogP contribution < -0.4 is 0 Å². The van der Waals surface area contributed by atoms with Crippen LogP contribution >= 0.6 is 0 Å². The summed E-state index contributed by atoms with van der Waals surface area (Å²) in [7, 11) is 0. The van der Waals surface area contributed by atoms with Crippen molar-refractivity contribution in [3.05, 3.63) is 119 Å². The van der Waals surface area contributed by atoms with Gasteiger partial charge in [-0.15, -0.1) is 0 Å². The van der Waals surface area contributed by atoms with Gasteiger partial charge in [-0.3, -0.25) is 0 Å². The van der Waals surface area contributed by atoms with Gasteiger partial charge in [0.05, 0.1) is 45.0 Å². The number of aromatic amines is 2. The molecule has 0 saturated heterocycles. The number of nitrogens with zero attached hydrogens (tertiary/aromatic N) is 2. The Hall–Kier alpha value is -7.60. The molecule has 52 heavy (non-hydrogen) atoms. The fraction of sp³-hybridized carbons (Fsp3) is 0. The maximum absolute atomic E-state index is 12.0. The summed E-state index contributed by atoms with van der Waals surface area (Å²) in [6, 6.07) is 26.0. The Bertz CT molecular complexity index is 2790. The summed E-state index contributed by atoms with van der Waals surface area (Å²) in [5, 5.41) is 41.9. The molecule has 5 heterocycles. The number of benzene rings is 4. The Balaban J connectivity index is 1.48. The molecule has 0 unspecified atom stereocenters. The molecule has 9 rings (SSSR count). The van der Waals surface area contributed by atoms with E-state index in [-0.39, 0.29) is 22.3 Å². The summed E-state index contributed by atoms with van der Waals surface area (Å²) >= 11 is 0. The van der Waals surface area contributed by atoms with E-state index >= 15 is 0 Å². The van der Waals surface area contributed by atoms with Crippen LogP contribution in [0.4, 0.5) is 0 Å². The molecule has 7 aromatic rings. The van der Waals surface area contributed by atoms with Gasteiger partial charge in [0.15, 0.2) is 0 Å². The first kappa shape index (κ1) is 30.5. The number of hydrogen-bond acceptors (Lipinski definition) is 6. The van der Waals surface area contributed by atoms with Gasteiger partial charge in [-0.05, 0) is 72.8 Å². The SMILES string of the molecule is O=C(O)c1ccc2c(c1)-c1cc3[nH]c(cc4nc(cc5[nH]c(cc-2n1)c1cc(C(=O)O)ccc51)-c1cc(C(=O)O)ccc1-4)c1cc(C(=O)O)ccc31. The normalized spacial score (nSPS) is 11.7. The highest BCUT2D eigenvalue weighted by Gasteiger charge is 2.22. The zero-order valence-corrected chi connectivity index (χ0v) is 26.6. The molecule has 2 aliphatic heterocycles. The highest BCUT2D eigenvalue weighted by Crippen LogP contribution is 2.41. The number of carbonyl (C=O) groups is 4. The van der Waals surface area contributed by atoms with Crippen molar-refractivity contribution in [2.75, 3.05) is 0 Å². The molecule has 0 atom stereocenters. The molecule has 0 spiro atoms. The van der Waals surface area contributed by atoms with Crippen molar-refractivity contribution in [1.82, 2.24) is 19.9 Å². The lowest BCUT2D eigenvalue weighted by molar-refractivity contribution is 0.0686. The smallest absolute Gasteiger partial charge is 0.335 e. The highest BCUT2D eigenvalue weighted by molar-refractivity contribution is 6.12. The molecule has 12 heteroatoms. The lowest BCUT2D eigenvalue weighted by atomic mass is 10.0. The van der Waals surface area contributed by atoms with E-state index in [0.717, 1.165) is 0 Å². The molecule has 4 aromatic carbocycles. The topological polar surface area (TPSA) is 207 Å². The number of carboxylic acid groups (broad SMARTS) is 4. The molecular weight excluding hydrogens is 664 g/mol. The zero-order valence-electron chi connectivity index (χ0n) is 26.6. The molecule has 12 nitrogen and oxygen atoms in total. The molecule has 0 radical (unpaired) electrons. The summed E-state index contributed by atoms with van der Waals surface area (Å²) < 4.78 is 0. The van der Waals surface area contributed by atoms with Crippen LogP contribution in [0.5, 0.6) is 0 Å². The number of aromatic nitrogens is 4. The molecule has 0 saturated carbocycles. The Morgan fingerprint density at radius 2 is 0.673 bits per heavy atom. The van der Waals surface area contributed by atoms with E-state index in [2.05, 4.69) is 9.97 Å². The van der Waals surface area contributed by atoms with Crippen molar-refractivity contribution < 1.29 is 39.6 Å². The van der Waals surface area contributed by atoms with Gasteiger partial charge in [0.25, 0.3) is 0 Å². The van der Waals surface area contributed by atoms with Gasteiger partial charge >= 0.3 is 23.9 Å². The van der Waals surface area contributed by atoms with E-state index in [9.17, 15) is 39.6 Å². The Labute approximate surface area is 290 Å². The van der Waals surface area contributed by atoms with Crippen molar-refractivity contribution in [3.63, 3.8) is 0 Å². The lowest BCUT2D eigenvalue weighted by Crippen LogP contribution is -1.96. The van der Waals surface area contributed by atoms with Crippen LogP contribution in [0.2, 0.25) is 0 Å². The second-order valence-corrected chi connectivity index (χ2v) is 12.5. The van der Waals surface area contributed by atoms with Gasteiger partial charge in [0.2, 0.25) is 0 Å². The van der Waals surface area contributed by atoms with Crippen LogP contribution in [0.3, 0.4) is 0 Å². The van der Waals surface area contributed by atoms with Crippen LogP contribution in [0.1, 0.15) is 41.4 Å². The van der Waals surface area contributed by atoms with E-state index in [1.807, 2.05) is 0 Å². The Kier molecular flexibility index (Phi) is 6.42. The fourth-order valence-electron chi connectivity index (χ4n) is 7.00. The van der Waals surface area contributed by atoms with E-state index in [1.165, 1.54) is 24.3 Å². The maximum Gasteiger partial charge on any atom is 0.335 e. The number of rotatable bonds is 4. The third-order valence-electron chi connectivity index (χ3n) is 9.48. The number of aromatic carboxylic acids is 4. The summed E-state index contributed by atoms with van der Waals surface area (Å²) in [6.45, 7) is 0. The average molecular weight is 687 g/mol. The standard InChI is InChI=1S/C40H22N4O8/c45-37(46)17-1-5-21-25(9-17)33-14-30-23-7-3-19(39(49)50)11-27(23)35(43-30)16-32-24-8-4-20(40(51)52)12-28(24)36(44-32)15-31-22-6-2-18(38(47)48)10-26(22)34(42-31)13-29(21)41-33/h1-16,41,44H,(H,45,46)(H,47,48)(H,49,50)(H,51,52). The maximum atomic E-state index is 12.0. The molecule has 0 fully saturated rings. The third-order valence-corrected chi connectivity index (χ3v) is 9.48. The minimum absolute atomic E-state index is 0.0625. The minimum atomic E-state index is -1.11. The van der Waals surface area contributed by atoms with Gasteiger partial charge < -0.3 is 30.4 Å². The molecule has 8 bridgehead atoms. The summed E-state index contributed by atoms with van der Waals surface area (Å²) in [5.74, 6) is -4.43. The van der Waals surface area contributed by atoms with Gasteiger partial charge in [-0.25, -0.2) is 29.1 Å². The number of nitrogens with one attached hydrogen (secondary N) is 2. The molecule has 0 amide bonds. The van der Waals surface area contributed by atoms with Crippen molar-refractivity contribution >= 4 is 67.5 Å². The highest BCUT2D eigenvalue weighted by atomic mass is 16.4. The number of hydrogen-bond donors (Lipinski definition) is 6. The summed E-state index contributed by atoms with van der Waals surface area (Å²) in [5.41, 5.74) is 6.76. The second-order valence-electron chi connectivity index (χ2n) is 12.5. The quantitative estimate of drug-likeness (QED) is 0.105. The first-order valence-corrected chi connectivity index (χ1v) is 15.9. The van der Waals surface area contributed by atoms with Crippen LogP contribution in [0.15, 0.2) is 97.1 Å². The van der Waals surface area contributed by atoms with E-state index in [4.69, 9.17) is 9.97 Å². The first-order valence-electron chi connectivity index (χ1n) is 15.9. The number of fused-ring (bicyclic) bond motifs is 20. The van der Waals surface area contributed by atoms with Crippen LogP contribution in [-0.4, -0.2) is 64.2 Å². The number of carboxylic acids is 4. The van der Waals surface area contributed by atoms with Gasteiger partial charge in [-0.2, -0.15) is 0 Å². The van der Waals surface area contributed by atoms with Crippen LogP contribution in [0.25, 0.3) is 88.6 Å². The third kappa shape index (κ3) is 4.70. The lowest BCUT2D eigenvalue weighted by Gasteiger charge is -2.01. The number of H-pyrrole nitrogens is 2. The van der Waals surface area contributed by atoms with Crippen molar-refractivity contribution in [2.45, 2.75) is 0 Å². The van der Waals surface area contributed by atoms with Gasteiger partial charge in [0.1, 0.15) is 0 Å². The Morgan fingerprint density at radius 3 is 1.04 bits per heavy atom. The van der Waals surface area contributed by atoms with Crippen molar-refractivity contribution in [1.29, 1.82) is 0 Å². The zero-order chi connectivity index (χ0) is 36.0. The van der Waals surface area contributed by atoms with Crippen LogP contribution in [0, 0.1) is 0 Å². The molecule has 250 valence electrons. The minimum Gasteiger partial charge on any atom is -0.478 e. The first-order chi connectivity index (χ1) is 25.0. The molecule has 0 aliphatic carbocycles. The van der Waals surface area contributed by atoms with Crippen LogP contribution in [-0.2, 0) is 0 Å². The predicted molar refractivity (Wildman–Crippen MR) is 193 cm³/mol. The molecular formula is C40H22N4O8. The van der Waals surface area contributed by atoms with E-state index < -0.39 is 23.9 Å². The summed E-state index contributed by atoms with van der Waals surface area (Å²) in [6.07, 6.45) is 0. The largest absolute Gasteiger partial charge is 0.478 e. The average Bonchev–Trinajstić information content (AvgIpc) is 3.85. The predicted octanol–water partition coefficient (Wildman–Crippen LogP) is 8.08. The molecule has 2 aliphatic rings. The Morgan fingerprint density at radius 1 is 0.365 bits per heavy atom. The van der Waals surface area contributed by atoms with Gasteiger partial charge in [0, 0.05) is 65.9 Å².